The van der Waals surface area contributed by atoms with Crippen molar-refractivity contribution < 1.29 is 5.21 Å². The van der Waals surface area contributed by atoms with E-state index in [9.17, 15) is 0 Å². The van der Waals surface area contributed by atoms with Gasteiger partial charge < -0.3 is 5.21 Å². The average Bonchev–Trinajstić information content (AvgIpc) is 2.04. The molecule has 0 fully saturated rings. The van der Waals surface area contributed by atoms with Crippen molar-refractivity contribution in [3.8, 4) is 0 Å². The molecule has 0 aliphatic heterocycles. The Hall–Kier alpha value is -1.02. The summed E-state index contributed by atoms with van der Waals surface area (Å²) in [4.78, 5) is 0. The van der Waals surface area contributed by atoms with Crippen LogP contribution in [0, 0.1) is 0 Å². The summed E-state index contributed by atoms with van der Waals surface area (Å²) in [5.74, 6) is 0. The van der Waals surface area contributed by atoms with Crippen LogP contribution in [0.1, 0.15) is 5.56 Å². The minimum atomic E-state index is 0.633. The lowest BCUT2D eigenvalue weighted by Crippen LogP contribution is -1.84. The molecule has 0 unspecified atom stereocenters. The number of hydrogen-bond donors (Lipinski definition) is 1. The van der Waals surface area contributed by atoms with Crippen molar-refractivity contribution in [3.05, 3.63) is 34.9 Å². The smallest absolute Gasteiger partial charge is 0.0479 e. The first-order valence-corrected chi connectivity index (χ1v) is 3.61. The predicted molar refractivity (Wildman–Crippen MR) is 45.4 cm³/mol. The molecule has 0 radical (unpaired) electrons. The van der Waals surface area contributed by atoms with E-state index >= 15 is 0 Å². The molecule has 11 heavy (non-hydrogen) atoms. The Morgan fingerprint density at radius 1 is 1.36 bits per heavy atom. The lowest BCUT2D eigenvalue weighted by atomic mass is 10.2. The third-order valence-corrected chi connectivity index (χ3v) is 1.57. The summed E-state index contributed by atoms with van der Waals surface area (Å²) >= 11 is 5.66. The number of oxime groups is 1. The van der Waals surface area contributed by atoms with Gasteiger partial charge in [0.05, 0.1) is 0 Å². The summed E-state index contributed by atoms with van der Waals surface area (Å²) in [5, 5.41) is 11.7. The molecular formula is C8H8ClNO. The first-order chi connectivity index (χ1) is 5.33. The van der Waals surface area contributed by atoms with Gasteiger partial charge in [0.1, 0.15) is 0 Å². The van der Waals surface area contributed by atoms with E-state index in [1.807, 2.05) is 24.3 Å². The van der Waals surface area contributed by atoms with Crippen molar-refractivity contribution in [1.82, 2.24) is 0 Å². The fourth-order valence-corrected chi connectivity index (χ4v) is 0.893. The highest BCUT2D eigenvalue weighted by atomic mass is 35.5. The third kappa shape index (κ3) is 2.60. The Bertz CT molecular complexity index is 243. The molecule has 0 saturated carbocycles. The largest absolute Gasteiger partial charge is 0.411 e. The molecule has 0 bridgehead atoms. The highest BCUT2D eigenvalue weighted by molar-refractivity contribution is 6.30. The van der Waals surface area contributed by atoms with Gasteiger partial charge in [-0.25, -0.2) is 0 Å². The first-order valence-electron chi connectivity index (χ1n) is 3.23. The van der Waals surface area contributed by atoms with E-state index in [0.29, 0.717) is 6.42 Å². The van der Waals surface area contributed by atoms with Crippen LogP contribution in [0.5, 0.6) is 0 Å². The maximum atomic E-state index is 8.13. The number of benzene rings is 1. The zero-order valence-electron chi connectivity index (χ0n) is 5.87. The van der Waals surface area contributed by atoms with Crippen molar-refractivity contribution >= 4 is 17.8 Å². The van der Waals surface area contributed by atoms with Gasteiger partial charge in [-0.3, -0.25) is 0 Å². The van der Waals surface area contributed by atoms with Gasteiger partial charge in [-0.15, -0.1) is 5.16 Å². The molecule has 0 spiro atoms. The second kappa shape index (κ2) is 3.98. The third-order valence-electron chi connectivity index (χ3n) is 1.32. The molecule has 0 heterocycles. The molecule has 0 atom stereocenters. The van der Waals surface area contributed by atoms with Crippen molar-refractivity contribution in [2.24, 2.45) is 5.16 Å². The molecule has 3 heteroatoms. The zero-order chi connectivity index (χ0) is 8.10. The highest BCUT2D eigenvalue weighted by Gasteiger charge is 1.89. The number of halogens is 1. The van der Waals surface area contributed by atoms with E-state index in [4.69, 9.17) is 16.8 Å². The van der Waals surface area contributed by atoms with Crippen LogP contribution in [-0.2, 0) is 6.42 Å². The topological polar surface area (TPSA) is 32.6 Å². The summed E-state index contributed by atoms with van der Waals surface area (Å²) < 4.78 is 0. The van der Waals surface area contributed by atoms with Gasteiger partial charge in [0.2, 0.25) is 0 Å². The van der Waals surface area contributed by atoms with Gasteiger partial charge in [-0.2, -0.15) is 0 Å². The lowest BCUT2D eigenvalue weighted by Gasteiger charge is -1.93. The quantitative estimate of drug-likeness (QED) is 0.412. The molecular weight excluding hydrogens is 162 g/mol. The van der Waals surface area contributed by atoms with Crippen LogP contribution < -0.4 is 0 Å². The van der Waals surface area contributed by atoms with Crippen LogP contribution in [0.3, 0.4) is 0 Å². The van der Waals surface area contributed by atoms with Gasteiger partial charge in [0.15, 0.2) is 0 Å². The van der Waals surface area contributed by atoms with Crippen molar-refractivity contribution in [1.29, 1.82) is 0 Å². The number of rotatable bonds is 2. The van der Waals surface area contributed by atoms with Crippen LogP contribution >= 0.6 is 11.6 Å². The Morgan fingerprint density at radius 2 is 2.00 bits per heavy atom. The van der Waals surface area contributed by atoms with E-state index in [1.54, 1.807) is 0 Å². The maximum Gasteiger partial charge on any atom is 0.0479 e. The second-order valence-electron chi connectivity index (χ2n) is 2.13. The highest BCUT2D eigenvalue weighted by Crippen LogP contribution is 2.08. The predicted octanol–water partition coefficient (Wildman–Crippen LogP) is 2.34. The SMILES string of the molecule is ON=CCc1ccc(Cl)cc1. The van der Waals surface area contributed by atoms with Crippen molar-refractivity contribution in [2.75, 3.05) is 0 Å². The van der Waals surface area contributed by atoms with Crippen LogP contribution in [0.15, 0.2) is 29.4 Å². The van der Waals surface area contributed by atoms with Crippen LogP contribution in [-0.4, -0.2) is 11.4 Å². The van der Waals surface area contributed by atoms with Gasteiger partial charge in [0, 0.05) is 17.7 Å². The lowest BCUT2D eigenvalue weighted by molar-refractivity contribution is 0.321. The minimum absolute atomic E-state index is 0.633. The number of hydrogen-bond acceptors (Lipinski definition) is 2. The minimum Gasteiger partial charge on any atom is -0.411 e. The van der Waals surface area contributed by atoms with E-state index in [2.05, 4.69) is 5.16 Å². The molecule has 1 aromatic rings. The Morgan fingerprint density at radius 3 is 2.55 bits per heavy atom. The molecule has 0 amide bonds. The Labute approximate surface area is 70.1 Å². The van der Waals surface area contributed by atoms with E-state index < -0.39 is 0 Å². The Balaban J connectivity index is 2.66. The van der Waals surface area contributed by atoms with Gasteiger partial charge in [0.25, 0.3) is 0 Å². The fourth-order valence-electron chi connectivity index (χ4n) is 0.767. The average molecular weight is 170 g/mol. The maximum absolute atomic E-state index is 8.13. The van der Waals surface area contributed by atoms with Crippen LogP contribution in [0.25, 0.3) is 0 Å². The zero-order valence-corrected chi connectivity index (χ0v) is 6.62. The van der Waals surface area contributed by atoms with Gasteiger partial charge in [-0.05, 0) is 17.7 Å². The molecule has 1 N–H and O–H groups in total. The monoisotopic (exact) mass is 169 g/mol. The van der Waals surface area contributed by atoms with Crippen LogP contribution in [0.4, 0.5) is 0 Å². The summed E-state index contributed by atoms with van der Waals surface area (Å²) in [6.07, 6.45) is 2.07. The molecule has 2 nitrogen and oxygen atoms in total. The Kier molecular flexibility index (Phi) is 2.93. The van der Waals surface area contributed by atoms with Crippen molar-refractivity contribution in [2.45, 2.75) is 6.42 Å². The van der Waals surface area contributed by atoms with E-state index in [1.165, 1.54) is 6.21 Å². The molecule has 1 rings (SSSR count). The van der Waals surface area contributed by atoms with E-state index in [0.717, 1.165) is 10.6 Å². The van der Waals surface area contributed by atoms with Gasteiger partial charge >= 0.3 is 0 Å². The fraction of sp³-hybridized carbons (Fsp3) is 0.125. The van der Waals surface area contributed by atoms with E-state index in [-0.39, 0.29) is 0 Å². The molecule has 58 valence electrons. The van der Waals surface area contributed by atoms with Crippen molar-refractivity contribution in [3.63, 3.8) is 0 Å². The first kappa shape index (κ1) is 8.08. The molecule has 0 aliphatic rings. The number of nitrogens with zero attached hydrogens (tertiary/aromatic N) is 1. The van der Waals surface area contributed by atoms with Crippen LogP contribution in [0.2, 0.25) is 5.02 Å². The molecule has 0 saturated heterocycles. The normalized spacial score (nSPS) is 10.6. The molecule has 1 aromatic carbocycles. The molecule has 0 aromatic heterocycles. The summed E-state index contributed by atoms with van der Waals surface area (Å²) in [6, 6.07) is 7.40. The van der Waals surface area contributed by atoms with Gasteiger partial charge in [-0.1, -0.05) is 23.7 Å². The standard InChI is InChI=1S/C8H8ClNO/c9-8-3-1-7(2-4-8)5-6-10-11/h1-4,6,11H,5H2. The summed E-state index contributed by atoms with van der Waals surface area (Å²) in [5.41, 5.74) is 1.08. The molecule has 0 aliphatic carbocycles. The summed E-state index contributed by atoms with van der Waals surface area (Å²) in [6.45, 7) is 0. The second-order valence-corrected chi connectivity index (χ2v) is 2.57. The summed E-state index contributed by atoms with van der Waals surface area (Å²) in [7, 11) is 0.